The molecule has 0 spiro atoms. The molecular weight excluding hydrogens is 523 g/mol. The highest BCUT2D eigenvalue weighted by molar-refractivity contribution is 5.90. The first-order chi connectivity index (χ1) is 18.3. The second-order valence-corrected chi connectivity index (χ2v) is 9.93. The molecule has 0 radical (unpaired) electrons. The molecule has 5 rings (SSSR count). The van der Waals surface area contributed by atoms with Gasteiger partial charge in [0.05, 0.1) is 30.3 Å². The minimum Gasteiger partial charge on any atom is -0.493 e. The maximum atomic E-state index is 14.7. The normalized spacial score (nSPS) is 21.9. The van der Waals surface area contributed by atoms with E-state index in [-0.39, 0.29) is 16.6 Å². The number of imidazole rings is 1. The van der Waals surface area contributed by atoms with Crippen molar-refractivity contribution in [3.05, 3.63) is 75.5 Å². The summed E-state index contributed by atoms with van der Waals surface area (Å²) in [6.45, 7) is 2.28. The molecule has 1 fully saturated rings. The van der Waals surface area contributed by atoms with Crippen molar-refractivity contribution in [1.82, 2.24) is 19.5 Å². The number of hydrogen-bond acceptors (Lipinski definition) is 5. The van der Waals surface area contributed by atoms with E-state index in [0.29, 0.717) is 17.0 Å². The van der Waals surface area contributed by atoms with E-state index in [1.54, 1.807) is 30.8 Å². The number of hydrogen-bond donors (Lipinski definition) is 1. The van der Waals surface area contributed by atoms with Crippen LogP contribution < -0.4 is 10.2 Å². The summed E-state index contributed by atoms with van der Waals surface area (Å²) in [5.41, 5.74) is -1.20. The van der Waals surface area contributed by atoms with E-state index in [9.17, 15) is 26.7 Å². The molecular formula is C27H25F5N4O3. The average Bonchev–Trinajstić information content (AvgIpc) is 3.21. The highest BCUT2D eigenvalue weighted by Gasteiger charge is 2.57. The average molecular weight is 549 g/mol. The largest absolute Gasteiger partial charge is 0.493 e. The first-order valence-electron chi connectivity index (χ1n) is 12.1. The molecule has 206 valence electrons. The molecule has 7 nitrogen and oxygen atoms in total. The van der Waals surface area contributed by atoms with Crippen molar-refractivity contribution < 1.29 is 31.4 Å². The van der Waals surface area contributed by atoms with Gasteiger partial charge in [-0.2, -0.15) is 17.6 Å². The number of nitrogens with one attached hydrogen (secondary N) is 1. The Kier molecular flexibility index (Phi) is 6.48. The third-order valence-electron chi connectivity index (χ3n) is 7.33. The van der Waals surface area contributed by atoms with Gasteiger partial charge in [0, 0.05) is 48.6 Å². The standard InChI is InChI=1S/C27H25F5N4O3/c1-13-11-36(3)25(34-13)23-21-18(7-8-33-23)35-19(9-20(21)37)16-12-39-26(2,27(30,31)32)10-15(16)14-5-6-17(28)22(29)24(14)38-4/h5-9,11,15-16H,10,12H2,1-4H3,(H,35,37)/t15-,16+,26+/m0/s1. The monoisotopic (exact) mass is 548 g/mol. The van der Waals surface area contributed by atoms with Crippen LogP contribution >= 0.6 is 0 Å². The maximum absolute atomic E-state index is 14.7. The third-order valence-corrected chi connectivity index (χ3v) is 7.33. The van der Waals surface area contributed by atoms with Gasteiger partial charge >= 0.3 is 6.18 Å². The van der Waals surface area contributed by atoms with Crippen molar-refractivity contribution in [3.8, 4) is 17.3 Å². The van der Waals surface area contributed by atoms with Gasteiger partial charge in [0.15, 0.2) is 28.4 Å². The van der Waals surface area contributed by atoms with Gasteiger partial charge in [-0.15, -0.1) is 0 Å². The Morgan fingerprint density at radius 2 is 1.95 bits per heavy atom. The summed E-state index contributed by atoms with van der Waals surface area (Å²) in [6.07, 6.45) is -2.07. The van der Waals surface area contributed by atoms with Crippen molar-refractivity contribution in [1.29, 1.82) is 0 Å². The van der Waals surface area contributed by atoms with Crippen molar-refractivity contribution >= 4 is 10.9 Å². The molecule has 4 heterocycles. The lowest BCUT2D eigenvalue weighted by atomic mass is 9.74. The number of ether oxygens (including phenoxy) is 2. The number of fused-ring (bicyclic) bond motifs is 1. The zero-order valence-corrected chi connectivity index (χ0v) is 21.5. The van der Waals surface area contributed by atoms with Crippen LogP contribution in [0.1, 0.15) is 42.1 Å². The van der Waals surface area contributed by atoms with E-state index in [0.717, 1.165) is 25.8 Å². The number of H-pyrrole nitrogens is 1. The molecule has 4 aromatic rings. The van der Waals surface area contributed by atoms with E-state index >= 15 is 0 Å². The number of aromatic amines is 1. The van der Waals surface area contributed by atoms with Crippen LogP contribution in [-0.2, 0) is 11.8 Å². The number of pyridine rings is 2. The smallest absolute Gasteiger partial charge is 0.417 e. The van der Waals surface area contributed by atoms with Crippen LogP contribution in [0, 0.1) is 18.6 Å². The SMILES string of the molecule is COc1c([C@@H]2C[C@](C)(C(F)(F)F)OC[C@H]2c2cc(=O)c3c(-c4nc(C)cn4C)nccc3[nH]2)ccc(F)c1F. The number of rotatable bonds is 4. The zero-order chi connectivity index (χ0) is 28.3. The number of alkyl halides is 3. The zero-order valence-electron chi connectivity index (χ0n) is 21.5. The van der Waals surface area contributed by atoms with Crippen LogP contribution in [0.3, 0.4) is 0 Å². The van der Waals surface area contributed by atoms with Crippen molar-refractivity contribution in [2.75, 3.05) is 13.7 Å². The van der Waals surface area contributed by atoms with Crippen LogP contribution in [0.2, 0.25) is 0 Å². The lowest BCUT2D eigenvalue weighted by molar-refractivity contribution is -0.286. The maximum Gasteiger partial charge on any atom is 0.417 e. The van der Waals surface area contributed by atoms with Crippen LogP contribution in [-0.4, -0.2) is 45.0 Å². The first kappa shape index (κ1) is 26.8. The summed E-state index contributed by atoms with van der Waals surface area (Å²) in [5, 5.41) is 0.258. The molecule has 1 N–H and O–H groups in total. The molecule has 0 bridgehead atoms. The Labute approximate surface area is 219 Å². The third kappa shape index (κ3) is 4.46. The van der Waals surface area contributed by atoms with Crippen LogP contribution in [0.15, 0.2) is 41.5 Å². The molecule has 0 unspecified atom stereocenters. The van der Waals surface area contributed by atoms with Gasteiger partial charge in [0.25, 0.3) is 0 Å². The quantitative estimate of drug-likeness (QED) is 0.340. The number of halogens is 5. The van der Waals surface area contributed by atoms with Gasteiger partial charge in [-0.25, -0.2) is 9.37 Å². The van der Waals surface area contributed by atoms with E-state index in [1.807, 2.05) is 0 Å². The van der Waals surface area contributed by atoms with Crippen molar-refractivity contribution in [3.63, 3.8) is 0 Å². The summed E-state index contributed by atoms with van der Waals surface area (Å²) in [4.78, 5) is 25.4. The van der Waals surface area contributed by atoms with Crippen molar-refractivity contribution in [2.24, 2.45) is 7.05 Å². The van der Waals surface area contributed by atoms with Crippen LogP contribution in [0.5, 0.6) is 5.75 Å². The molecule has 1 aromatic carbocycles. The van der Waals surface area contributed by atoms with Crippen LogP contribution in [0.4, 0.5) is 22.0 Å². The Morgan fingerprint density at radius 3 is 2.59 bits per heavy atom. The first-order valence-corrected chi connectivity index (χ1v) is 12.1. The van der Waals surface area contributed by atoms with Crippen molar-refractivity contribution in [2.45, 2.75) is 43.9 Å². The Bertz CT molecular complexity index is 1630. The van der Waals surface area contributed by atoms with E-state index in [4.69, 9.17) is 9.47 Å². The fourth-order valence-electron chi connectivity index (χ4n) is 5.31. The molecule has 0 amide bonds. The lowest BCUT2D eigenvalue weighted by Crippen LogP contribution is -2.51. The Hall–Kier alpha value is -3.80. The highest BCUT2D eigenvalue weighted by Crippen LogP contribution is 2.51. The fraction of sp³-hybridized carbons (Fsp3) is 0.370. The predicted octanol–water partition coefficient (Wildman–Crippen LogP) is 5.53. The van der Waals surface area contributed by atoms with Gasteiger partial charge in [-0.05, 0) is 32.4 Å². The predicted molar refractivity (Wildman–Crippen MR) is 133 cm³/mol. The van der Waals surface area contributed by atoms with Gasteiger partial charge < -0.3 is 19.0 Å². The molecule has 0 aliphatic carbocycles. The van der Waals surface area contributed by atoms with Gasteiger partial charge in [-0.1, -0.05) is 6.07 Å². The molecule has 1 saturated heterocycles. The van der Waals surface area contributed by atoms with Gasteiger partial charge in [-0.3, -0.25) is 9.78 Å². The summed E-state index contributed by atoms with van der Waals surface area (Å²) in [6, 6.07) is 4.92. The highest BCUT2D eigenvalue weighted by atomic mass is 19.4. The van der Waals surface area contributed by atoms with Crippen LogP contribution in [0.25, 0.3) is 22.4 Å². The lowest BCUT2D eigenvalue weighted by Gasteiger charge is -2.44. The molecule has 3 aromatic heterocycles. The summed E-state index contributed by atoms with van der Waals surface area (Å²) in [7, 11) is 2.89. The minimum absolute atomic E-state index is 0.0417. The molecule has 1 aliphatic heterocycles. The molecule has 0 saturated carbocycles. The second kappa shape index (κ2) is 9.44. The number of methoxy groups -OCH3 is 1. The van der Waals surface area contributed by atoms with E-state index < -0.39 is 59.5 Å². The van der Waals surface area contributed by atoms with Gasteiger partial charge in [0.2, 0.25) is 5.82 Å². The van der Waals surface area contributed by atoms with E-state index in [1.165, 1.54) is 18.3 Å². The van der Waals surface area contributed by atoms with Gasteiger partial charge in [0.1, 0.15) is 5.69 Å². The number of aromatic nitrogens is 4. The number of nitrogens with zero attached hydrogens (tertiary/aromatic N) is 3. The minimum atomic E-state index is -4.74. The molecule has 3 atom stereocenters. The Balaban J connectivity index is 1.68. The summed E-state index contributed by atoms with van der Waals surface area (Å²) >= 11 is 0. The number of aryl methyl sites for hydroxylation is 2. The summed E-state index contributed by atoms with van der Waals surface area (Å²) in [5.74, 6) is -4.40. The molecule has 12 heteroatoms. The number of benzene rings is 1. The molecule has 39 heavy (non-hydrogen) atoms. The van der Waals surface area contributed by atoms with E-state index in [2.05, 4.69) is 15.0 Å². The fourth-order valence-corrected chi connectivity index (χ4v) is 5.31. The summed E-state index contributed by atoms with van der Waals surface area (Å²) < 4.78 is 82.9. The Morgan fingerprint density at radius 1 is 1.21 bits per heavy atom. The molecule has 1 aliphatic rings. The second-order valence-electron chi connectivity index (χ2n) is 9.93. The topological polar surface area (TPSA) is 82.0 Å².